The zero-order valence-corrected chi connectivity index (χ0v) is 11.6. The van der Waals surface area contributed by atoms with E-state index in [0.717, 1.165) is 0 Å². The van der Waals surface area contributed by atoms with Gasteiger partial charge >= 0.3 is 0 Å². The first-order valence-corrected chi connectivity index (χ1v) is 6.87. The van der Waals surface area contributed by atoms with Crippen molar-refractivity contribution in [1.82, 2.24) is 0 Å². The smallest absolute Gasteiger partial charge is 0.0122 e. The molecule has 0 amide bonds. The van der Waals surface area contributed by atoms with Crippen molar-refractivity contribution in [3.8, 4) is 0 Å². The Bertz CT molecular complexity index is 403. The molecular weight excluding hydrogens is 224 g/mol. The van der Waals surface area contributed by atoms with Crippen LogP contribution >= 0.6 is 11.8 Å². The van der Waals surface area contributed by atoms with Crippen molar-refractivity contribution in [2.24, 2.45) is 0 Å². The SMILES string of the molecule is CCC.Cc1ccc(Sc2ccccc2)cc1. The van der Waals surface area contributed by atoms with Gasteiger partial charge in [0, 0.05) is 9.79 Å². The van der Waals surface area contributed by atoms with Crippen LogP contribution in [0.5, 0.6) is 0 Å². The lowest BCUT2D eigenvalue weighted by Gasteiger charge is -2.01. The van der Waals surface area contributed by atoms with Gasteiger partial charge in [-0.2, -0.15) is 0 Å². The summed E-state index contributed by atoms with van der Waals surface area (Å²) in [5.74, 6) is 0. The fraction of sp³-hybridized carbons (Fsp3) is 0.250. The highest BCUT2D eigenvalue weighted by Crippen LogP contribution is 2.26. The summed E-state index contributed by atoms with van der Waals surface area (Å²) in [5, 5.41) is 0. The molecule has 0 fully saturated rings. The molecule has 0 nitrogen and oxygen atoms in total. The highest BCUT2D eigenvalue weighted by atomic mass is 32.2. The van der Waals surface area contributed by atoms with Crippen LogP contribution in [0.25, 0.3) is 0 Å². The Morgan fingerprint density at radius 2 is 1.24 bits per heavy atom. The lowest BCUT2D eigenvalue weighted by atomic mass is 10.2. The fourth-order valence-electron chi connectivity index (χ4n) is 1.23. The Hall–Kier alpha value is -1.21. The Labute approximate surface area is 109 Å². The van der Waals surface area contributed by atoms with Gasteiger partial charge in [0.05, 0.1) is 0 Å². The fourth-order valence-corrected chi connectivity index (χ4v) is 2.07. The molecule has 17 heavy (non-hydrogen) atoms. The van der Waals surface area contributed by atoms with Gasteiger partial charge in [-0.15, -0.1) is 0 Å². The minimum Gasteiger partial charge on any atom is -0.0901 e. The summed E-state index contributed by atoms with van der Waals surface area (Å²) in [5.41, 5.74) is 1.31. The largest absolute Gasteiger partial charge is 0.0901 e. The molecule has 0 aromatic heterocycles. The molecule has 0 bridgehead atoms. The summed E-state index contributed by atoms with van der Waals surface area (Å²) < 4.78 is 0. The average molecular weight is 244 g/mol. The zero-order valence-electron chi connectivity index (χ0n) is 10.8. The molecule has 0 spiro atoms. The topological polar surface area (TPSA) is 0 Å². The Balaban J connectivity index is 0.000000437. The van der Waals surface area contributed by atoms with Crippen molar-refractivity contribution in [1.29, 1.82) is 0 Å². The van der Waals surface area contributed by atoms with E-state index in [0.29, 0.717) is 0 Å². The van der Waals surface area contributed by atoms with E-state index in [4.69, 9.17) is 0 Å². The highest BCUT2D eigenvalue weighted by Gasteiger charge is 1.94. The maximum atomic E-state index is 2.16. The van der Waals surface area contributed by atoms with Crippen molar-refractivity contribution >= 4 is 11.8 Å². The third-order valence-corrected chi connectivity index (χ3v) is 3.02. The number of hydrogen-bond acceptors (Lipinski definition) is 1. The van der Waals surface area contributed by atoms with Crippen LogP contribution in [0.15, 0.2) is 64.4 Å². The van der Waals surface area contributed by atoms with Crippen molar-refractivity contribution < 1.29 is 0 Å². The van der Waals surface area contributed by atoms with Gasteiger partial charge in [0.15, 0.2) is 0 Å². The summed E-state index contributed by atoms with van der Waals surface area (Å²) in [6.07, 6.45) is 1.25. The van der Waals surface area contributed by atoms with Crippen LogP contribution in [0, 0.1) is 6.92 Å². The molecule has 0 radical (unpaired) electrons. The predicted molar refractivity (Wildman–Crippen MR) is 77.7 cm³/mol. The van der Waals surface area contributed by atoms with Crippen LogP contribution in [0.1, 0.15) is 25.8 Å². The lowest BCUT2D eigenvalue weighted by molar-refractivity contribution is 1.09. The molecule has 2 rings (SSSR count). The molecule has 1 heteroatoms. The van der Waals surface area contributed by atoms with Crippen LogP contribution in [0.2, 0.25) is 0 Å². The lowest BCUT2D eigenvalue weighted by Crippen LogP contribution is -1.74. The first-order chi connectivity index (χ1) is 8.26. The van der Waals surface area contributed by atoms with Gasteiger partial charge in [-0.25, -0.2) is 0 Å². The van der Waals surface area contributed by atoms with E-state index in [-0.39, 0.29) is 0 Å². The van der Waals surface area contributed by atoms with E-state index in [9.17, 15) is 0 Å². The van der Waals surface area contributed by atoms with E-state index in [2.05, 4.69) is 69.3 Å². The number of benzene rings is 2. The maximum absolute atomic E-state index is 2.16. The zero-order chi connectivity index (χ0) is 12.5. The van der Waals surface area contributed by atoms with Gasteiger partial charge in [0.2, 0.25) is 0 Å². The van der Waals surface area contributed by atoms with Crippen molar-refractivity contribution in [3.05, 3.63) is 60.2 Å². The van der Waals surface area contributed by atoms with Crippen LogP contribution < -0.4 is 0 Å². The van der Waals surface area contributed by atoms with Gasteiger partial charge in [0.1, 0.15) is 0 Å². The van der Waals surface area contributed by atoms with Gasteiger partial charge in [0.25, 0.3) is 0 Å². The summed E-state index contributed by atoms with van der Waals surface area (Å²) in [7, 11) is 0. The normalized spacial score (nSPS) is 9.35. The molecule has 0 aliphatic carbocycles. The summed E-state index contributed by atoms with van der Waals surface area (Å²) in [4.78, 5) is 2.58. The monoisotopic (exact) mass is 244 g/mol. The third-order valence-electron chi connectivity index (χ3n) is 2.00. The molecule has 0 aliphatic rings. The predicted octanol–water partition coefficient (Wildman–Crippen LogP) is 5.56. The second kappa shape index (κ2) is 7.97. The summed E-state index contributed by atoms with van der Waals surface area (Å²) >= 11 is 1.80. The Morgan fingerprint density at radius 3 is 1.76 bits per heavy atom. The summed E-state index contributed by atoms with van der Waals surface area (Å²) in [6.45, 7) is 6.36. The molecule has 2 aromatic carbocycles. The standard InChI is InChI=1S/C13H12S.C3H8/c1-11-7-9-13(10-8-11)14-12-5-3-2-4-6-12;1-3-2/h2-10H,1H3;3H2,1-2H3. The number of aryl methyl sites for hydroxylation is 1. The minimum absolute atomic E-state index is 1.25. The van der Waals surface area contributed by atoms with Gasteiger partial charge in [-0.3, -0.25) is 0 Å². The van der Waals surface area contributed by atoms with E-state index >= 15 is 0 Å². The average Bonchev–Trinajstić information content (AvgIpc) is 2.35. The molecular formula is C16H20S. The minimum atomic E-state index is 1.25. The molecule has 0 saturated carbocycles. The molecule has 0 heterocycles. The molecule has 0 N–H and O–H groups in total. The van der Waals surface area contributed by atoms with Crippen molar-refractivity contribution in [3.63, 3.8) is 0 Å². The second-order valence-electron chi connectivity index (χ2n) is 3.94. The second-order valence-corrected chi connectivity index (χ2v) is 5.08. The van der Waals surface area contributed by atoms with Crippen molar-refractivity contribution in [2.75, 3.05) is 0 Å². The van der Waals surface area contributed by atoms with Gasteiger partial charge in [-0.1, -0.05) is 67.9 Å². The molecule has 0 aliphatic heterocycles. The van der Waals surface area contributed by atoms with Crippen LogP contribution in [-0.2, 0) is 0 Å². The van der Waals surface area contributed by atoms with E-state index in [1.54, 1.807) is 11.8 Å². The van der Waals surface area contributed by atoms with Crippen LogP contribution in [0.4, 0.5) is 0 Å². The van der Waals surface area contributed by atoms with Crippen LogP contribution in [0.3, 0.4) is 0 Å². The Morgan fingerprint density at radius 1 is 0.765 bits per heavy atom. The Kier molecular flexibility index (Phi) is 6.49. The molecule has 0 unspecified atom stereocenters. The molecule has 90 valence electrons. The van der Waals surface area contributed by atoms with Gasteiger partial charge < -0.3 is 0 Å². The molecule has 0 atom stereocenters. The summed E-state index contributed by atoms with van der Waals surface area (Å²) in [6, 6.07) is 19.0. The third kappa shape index (κ3) is 5.60. The van der Waals surface area contributed by atoms with E-state index in [1.165, 1.54) is 21.8 Å². The van der Waals surface area contributed by atoms with Crippen molar-refractivity contribution in [2.45, 2.75) is 37.0 Å². The van der Waals surface area contributed by atoms with Gasteiger partial charge in [-0.05, 0) is 31.2 Å². The van der Waals surface area contributed by atoms with E-state index < -0.39 is 0 Å². The highest BCUT2D eigenvalue weighted by molar-refractivity contribution is 7.99. The quantitative estimate of drug-likeness (QED) is 0.666. The number of rotatable bonds is 2. The van der Waals surface area contributed by atoms with E-state index in [1.807, 2.05) is 6.07 Å². The van der Waals surface area contributed by atoms with Crippen LogP contribution in [-0.4, -0.2) is 0 Å². The molecule has 2 aromatic rings. The number of hydrogen-bond donors (Lipinski definition) is 0. The first-order valence-electron chi connectivity index (χ1n) is 6.05. The maximum Gasteiger partial charge on any atom is 0.0122 e. The first kappa shape index (κ1) is 13.9. The molecule has 0 saturated heterocycles.